The molecule has 0 aromatic carbocycles. The number of imide groups is 1. The van der Waals surface area contributed by atoms with Crippen LogP contribution in [-0.2, 0) is 9.59 Å². The van der Waals surface area contributed by atoms with E-state index in [4.69, 9.17) is 0 Å². The van der Waals surface area contributed by atoms with Gasteiger partial charge in [-0.05, 0) is 36.1 Å². The maximum atomic E-state index is 12.4. The summed E-state index contributed by atoms with van der Waals surface area (Å²) in [5.41, 5.74) is 3.25. The highest BCUT2D eigenvalue weighted by Gasteiger charge is 2.39. The molecule has 1 aliphatic heterocycles. The number of hydrogen-bond donors (Lipinski definition) is 0. The van der Waals surface area contributed by atoms with E-state index >= 15 is 0 Å². The molecule has 3 nitrogen and oxygen atoms in total. The Morgan fingerprint density at radius 1 is 1.00 bits per heavy atom. The van der Waals surface area contributed by atoms with Gasteiger partial charge in [0.05, 0.1) is 11.1 Å². The number of carbonyl (C=O) groups excluding carboxylic acids is 2. The maximum absolute atomic E-state index is 12.4. The van der Waals surface area contributed by atoms with Gasteiger partial charge in [0.25, 0.3) is 11.8 Å². The van der Waals surface area contributed by atoms with Crippen LogP contribution in [0.4, 0.5) is 0 Å². The minimum atomic E-state index is -0.147. The largest absolute Gasteiger partial charge is 0.274 e. The van der Waals surface area contributed by atoms with Crippen LogP contribution < -0.4 is 0 Å². The van der Waals surface area contributed by atoms with Crippen molar-refractivity contribution in [2.24, 2.45) is 0 Å². The van der Waals surface area contributed by atoms with Crippen molar-refractivity contribution in [1.29, 1.82) is 0 Å². The molecule has 0 radical (unpaired) electrons. The predicted molar refractivity (Wildman–Crippen MR) is 77.7 cm³/mol. The van der Waals surface area contributed by atoms with Crippen molar-refractivity contribution < 1.29 is 9.59 Å². The molecule has 0 saturated carbocycles. The van der Waals surface area contributed by atoms with E-state index in [1.54, 1.807) is 0 Å². The Bertz CT molecular complexity index is 579. The molecule has 102 valence electrons. The van der Waals surface area contributed by atoms with Crippen molar-refractivity contribution in [2.45, 2.75) is 26.2 Å². The molecule has 2 aliphatic carbocycles. The first-order valence-electron chi connectivity index (χ1n) is 7.07. The van der Waals surface area contributed by atoms with Crippen LogP contribution in [0.2, 0.25) is 0 Å². The maximum Gasteiger partial charge on any atom is 0.261 e. The second-order valence-electron chi connectivity index (χ2n) is 5.28. The summed E-state index contributed by atoms with van der Waals surface area (Å²) in [5, 5.41) is 0. The minimum Gasteiger partial charge on any atom is -0.274 e. The summed E-state index contributed by atoms with van der Waals surface area (Å²) in [5.74, 6) is -0.294. The first-order chi connectivity index (χ1) is 9.70. The SMILES string of the molecule is CCCCN1C(=O)C2=CC3=CC=CC=C(C=C2C1=O)C3. The van der Waals surface area contributed by atoms with E-state index in [0.717, 1.165) is 30.4 Å². The van der Waals surface area contributed by atoms with Crippen LogP contribution >= 0.6 is 0 Å². The van der Waals surface area contributed by atoms with Crippen molar-refractivity contribution >= 4 is 11.8 Å². The van der Waals surface area contributed by atoms with Gasteiger partial charge < -0.3 is 0 Å². The van der Waals surface area contributed by atoms with Crippen molar-refractivity contribution in [1.82, 2.24) is 4.90 Å². The normalized spacial score (nSPS) is 20.8. The van der Waals surface area contributed by atoms with Crippen LogP contribution in [0.5, 0.6) is 0 Å². The van der Waals surface area contributed by atoms with Crippen LogP contribution in [0.1, 0.15) is 26.2 Å². The summed E-state index contributed by atoms with van der Waals surface area (Å²) in [7, 11) is 0. The van der Waals surface area contributed by atoms with Gasteiger partial charge in [-0.3, -0.25) is 14.5 Å². The Morgan fingerprint density at radius 3 is 2.05 bits per heavy atom. The first kappa shape index (κ1) is 12.9. The fourth-order valence-electron chi connectivity index (χ4n) is 2.69. The average Bonchev–Trinajstić information content (AvgIpc) is 2.68. The lowest BCUT2D eigenvalue weighted by molar-refractivity contribution is -0.136. The van der Waals surface area contributed by atoms with E-state index in [1.807, 2.05) is 36.5 Å². The summed E-state index contributed by atoms with van der Waals surface area (Å²) >= 11 is 0. The molecule has 0 aromatic heterocycles. The Hall–Kier alpha value is -2.16. The summed E-state index contributed by atoms with van der Waals surface area (Å²) in [6.45, 7) is 2.57. The molecule has 3 aliphatic rings. The zero-order chi connectivity index (χ0) is 14.1. The predicted octanol–water partition coefficient (Wildman–Crippen LogP) is 2.83. The minimum absolute atomic E-state index is 0.147. The highest BCUT2D eigenvalue weighted by molar-refractivity contribution is 6.25. The zero-order valence-corrected chi connectivity index (χ0v) is 11.6. The zero-order valence-electron chi connectivity index (χ0n) is 11.6. The van der Waals surface area contributed by atoms with Gasteiger partial charge in [-0.25, -0.2) is 0 Å². The molecule has 3 heteroatoms. The molecule has 0 unspecified atom stereocenters. The summed E-state index contributed by atoms with van der Waals surface area (Å²) in [6, 6.07) is 0. The topological polar surface area (TPSA) is 37.4 Å². The molecular formula is C17H17NO2. The Kier molecular flexibility index (Phi) is 3.26. The lowest BCUT2D eigenvalue weighted by Crippen LogP contribution is -2.30. The smallest absolute Gasteiger partial charge is 0.261 e. The third-order valence-corrected chi connectivity index (χ3v) is 3.78. The van der Waals surface area contributed by atoms with Gasteiger partial charge in [-0.15, -0.1) is 0 Å². The number of unbranched alkanes of at least 4 members (excludes halogenated alkanes) is 1. The monoisotopic (exact) mass is 267 g/mol. The lowest BCUT2D eigenvalue weighted by Gasteiger charge is -2.12. The van der Waals surface area contributed by atoms with Crippen LogP contribution in [0, 0.1) is 0 Å². The molecule has 1 fully saturated rings. The van der Waals surface area contributed by atoms with Crippen LogP contribution in [-0.4, -0.2) is 23.3 Å². The van der Waals surface area contributed by atoms with E-state index in [-0.39, 0.29) is 11.8 Å². The summed E-state index contributed by atoms with van der Waals surface area (Å²) < 4.78 is 0. The number of allylic oxidation sites excluding steroid dienone is 8. The number of fused-ring (bicyclic) bond motifs is 3. The summed E-state index contributed by atoms with van der Waals surface area (Å²) in [6.07, 6.45) is 14.3. The fourth-order valence-corrected chi connectivity index (χ4v) is 2.69. The molecule has 1 saturated heterocycles. The second-order valence-corrected chi connectivity index (χ2v) is 5.28. The molecule has 2 amide bonds. The number of likely N-dealkylation sites (tertiary alicyclic amines) is 1. The molecule has 20 heavy (non-hydrogen) atoms. The van der Waals surface area contributed by atoms with Gasteiger partial charge in [0, 0.05) is 6.54 Å². The highest BCUT2D eigenvalue weighted by Crippen LogP contribution is 2.33. The van der Waals surface area contributed by atoms with E-state index in [1.165, 1.54) is 4.90 Å². The molecule has 0 aromatic rings. The Labute approximate surface area is 118 Å². The molecular weight excluding hydrogens is 250 g/mol. The highest BCUT2D eigenvalue weighted by atomic mass is 16.2. The van der Waals surface area contributed by atoms with E-state index < -0.39 is 0 Å². The third kappa shape index (κ3) is 2.09. The van der Waals surface area contributed by atoms with Gasteiger partial charge in [0.15, 0.2) is 0 Å². The second kappa shape index (κ2) is 5.08. The van der Waals surface area contributed by atoms with Crippen LogP contribution in [0.15, 0.2) is 58.7 Å². The van der Waals surface area contributed by atoms with Gasteiger partial charge in [-0.1, -0.05) is 37.6 Å². The van der Waals surface area contributed by atoms with Crippen molar-refractivity contribution in [3.63, 3.8) is 0 Å². The number of carbonyl (C=O) groups is 2. The molecule has 3 rings (SSSR count). The van der Waals surface area contributed by atoms with Crippen molar-refractivity contribution in [2.75, 3.05) is 6.54 Å². The van der Waals surface area contributed by atoms with E-state index in [0.29, 0.717) is 17.7 Å². The fraction of sp³-hybridized carbons (Fsp3) is 0.294. The molecule has 0 atom stereocenters. The Balaban J connectivity index is 2.03. The van der Waals surface area contributed by atoms with Crippen molar-refractivity contribution in [3.05, 3.63) is 58.7 Å². The standard InChI is InChI=1S/C17H17NO2/c1-2-3-8-18-16(19)14-10-12-6-4-5-7-13(9-12)11-15(14)17(18)20/h4-7,10-11H,2-3,8-9H2,1H3. The molecule has 2 bridgehead atoms. The van der Waals surface area contributed by atoms with Gasteiger partial charge in [-0.2, -0.15) is 0 Å². The third-order valence-electron chi connectivity index (χ3n) is 3.78. The molecule has 0 N–H and O–H groups in total. The number of amides is 2. The van der Waals surface area contributed by atoms with E-state index in [2.05, 4.69) is 6.92 Å². The van der Waals surface area contributed by atoms with E-state index in [9.17, 15) is 9.59 Å². The lowest BCUT2D eigenvalue weighted by atomic mass is 10.1. The molecule has 0 spiro atoms. The number of rotatable bonds is 3. The average molecular weight is 267 g/mol. The van der Waals surface area contributed by atoms with Crippen LogP contribution in [0.25, 0.3) is 0 Å². The summed E-state index contributed by atoms with van der Waals surface area (Å²) in [4.78, 5) is 26.2. The van der Waals surface area contributed by atoms with Crippen molar-refractivity contribution in [3.8, 4) is 0 Å². The van der Waals surface area contributed by atoms with Gasteiger partial charge in [0.2, 0.25) is 0 Å². The number of hydrogen-bond acceptors (Lipinski definition) is 2. The van der Waals surface area contributed by atoms with Gasteiger partial charge >= 0.3 is 0 Å². The quantitative estimate of drug-likeness (QED) is 0.737. The van der Waals surface area contributed by atoms with Crippen LogP contribution in [0.3, 0.4) is 0 Å². The first-order valence-corrected chi connectivity index (χ1v) is 7.07. The van der Waals surface area contributed by atoms with Gasteiger partial charge in [0.1, 0.15) is 0 Å². The molecule has 1 heterocycles. The Morgan fingerprint density at radius 2 is 1.55 bits per heavy atom. The number of nitrogens with zero attached hydrogens (tertiary/aromatic N) is 1.